The summed E-state index contributed by atoms with van der Waals surface area (Å²) in [5.74, 6) is 0. The van der Waals surface area contributed by atoms with Crippen LogP contribution in [-0.2, 0) is 0 Å². The maximum Gasteiger partial charge on any atom is 0.148 e. The average Bonchev–Trinajstić information content (AvgIpc) is 3.44. The molecule has 7 aromatic rings. The van der Waals surface area contributed by atoms with E-state index < -0.39 is 0 Å². The minimum Gasteiger partial charge on any atom is -0.309 e. The van der Waals surface area contributed by atoms with Crippen LogP contribution in [0, 0.1) is 11.3 Å². The van der Waals surface area contributed by atoms with E-state index in [1.54, 1.807) is 6.20 Å². The van der Waals surface area contributed by atoms with Crippen LogP contribution in [0.25, 0.3) is 58.8 Å². The number of nitrogens with zero attached hydrogens (tertiary/aromatic N) is 3. The minimum atomic E-state index is 0.439. The molecule has 0 N–H and O–H groups in total. The number of pyridine rings is 1. The maximum atomic E-state index is 9.56. The molecule has 7 rings (SSSR count). The van der Waals surface area contributed by atoms with Crippen LogP contribution in [0.5, 0.6) is 0 Å². The largest absolute Gasteiger partial charge is 0.309 e. The number of benzene rings is 4. The summed E-state index contributed by atoms with van der Waals surface area (Å²) in [5, 5.41) is 14.7. The molecule has 0 aliphatic heterocycles. The molecule has 0 aliphatic rings. The monoisotopic (exact) mass is 451 g/mol. The second kappa shape index (κ2) is 7.28. The lowest BCUT2D eigenvalue weighted by molar-refractivity contribution is 1.18. The van der Waals surface area contributed by atoms with Gasteiger partial charge in [-0.1, -0.05) is 54.6 Å². The Morgan fingerprint density at radius 2 is 1.59 bits per heavy atom. The van der Waals surface area contributed by atoms with E-state index in [-0.39, 0.29) is 0 Å². The first kappa shape index (κ1) is 19.0. The third-order valence-corrected chi connectivity index (χ3v) is 7.71. The lowest BCUT2D eigenvalue weighted by atomic mass is 10.0. The molecule has 34 heavy (non-hydrogen) atoms. The highest BCUT2D eigenvalue weighted by Crippen LogP contribution is 2.43. The Kier molecular flexibility index (Phi) is 4.08. The van der Waals surface area contributed by atoms with Gasteiger partial charge in [-0.2, -0.15) is 5.26 Å². The number of thiophene rings is 1. The van der Waals surface area contributed by atoms with Crippen molar-refractivity contribution in [2.24, 2.45) is 0 Å². The fraction of sp³-hybridized carbons (Fsp3) is 0. The molecule has 4 heteroatoms. The van der Waals surface area contributed by atoms with Crippen molar-refractivity contribution in [3.63, 3.8) is 0 Å². The summed E-state index contributed by atoms with van der Waals surface area (Å²) < 4.78 is 4.97. The Hall–Kier alpha value is -4.46. The molecule has 0 amide bonds. The van der Waals surface area contributed by atoms with E-state index in [2.05, 4.69) is 94.5 Å². The molecule has 3 aromatic heterocycles. The van der Waals surface area contributed by atoms with Gasteiger partial charge in [-0.05, 0) is 48.0 Å². The zero-order valence-corrected chi connectivity index (χ0v) is 18.9. The lowest BCUT2D eigenvalue weighted by Crippen LogP contribution is -1.95. The van der Waals surface area contributed by atoms with Crippen LogP contribution in [-0.4, -0.2) is 9.55 Å². The number of rotatable bonds is 2. The topological polar surface area (TPSA) is 41.6 Å². The van der Waals surface area contributed by atoms with Crippen molar-refractivity contribution in [2.75, 3.05) is 0 Å². The molecule has 3 nitrogen and oxygen atoms in total. The summed E-state index contributed by atoms with van der Waals surface area (Å²) in [5.41, 5.74) is 5.69. The van der Waals surface area contributed by atoms with Crippen LogP contribution < -0.4 is 0 Å². The van der Waals surface area contributed by atoms with Crippen LogP contribution in [0.3, 0.4) is 0 Å². The second-order valence-electron chi connectivity index (χ2n) is 8.35. The van der Waals surface area contributed by atoms with Crippen molar-refractivity contribution in [3.8, 4) is 22.9 Å². The predicted molar refractivity (Wildman–Crippen MR) is 142 cm³/mol. The highest BCUT2D eigenvalue weighted by molar-refractivity contribution is 7.26. The second-order valence-corrected chi connectivity index (χ2v) is 9.40. The van der Waals surface area contributed by atoms with E-state index in [9.17, 15) is 5.26 Å². The van der Waals surface area contributed by atoms with Crippen LogP contribution in [0.4, 0.5) is 0 Å². The molecule has 0 unspecified atom stereocenters. The molecule has 0 bridgehead atoms. The van der Waals surface area contributed by atoms with Gasteiger partial charge in [0.05, 0.1) is 11.0 Å². The zero-order valence-electron chi connectivity index (χ0n) is 18.1. The van der Waals surface area contributed by atoms with Crippen molar-refractivity contribution < 1.29 is 0 Å². The van der Waals surface area contributed by atoms with Crippen molar-refractivity contribution in [1.29, 1.82) is 5.26 Å². The third kappa shape index (κ3) is 2.65. The normalized spacial score (nSPS) is 11.5. The third-order valence-electron chi connectivity index (χ3n) is 6.51. The molecule has 0 saturated carbocycles. The van der Waals surface area contributed by atoms with Gasteiger partial charge in [0.25, 0.3) is 0 Å². The predicted octanol–water partition coefficient (Wildman–Crippen LogP) is 8.09. The fourth-order valence-corrected chi connectivity index (χ4v) is 6.31. The van der Waals surface area contributed by atoms with Crippen molar-refractivity contribution in [3.05, 3.63) is 109 Å². The Morgan fingerprint density at radius 1 is 0.735 bits per heavy atom. The van der Waals surface area contributed by atoms with Crippen LogP contribution >= 0.6 is 11.3 Å². The molecule has 0 radical (unpaired) electrons. The molecule has 0 fully saturated rings. The Balaban J connectivity index is 1.57. The van der Waals surface area contributed by atoms with Gasteiger partial charge < -0.3 is 4.57 Å². The zero-order chi connectivity index (χ0) is 22.6. The van der Waals surface area contributed by atoms with Crippen molar-refractivity contribution in [2.45, 2.75) is 0 Å². The molecule has 0 atom stereocenters. The van der Waals surface area contributed by atoms with Gasteiger partial charge in [-0.25, -0.2) is 4.98 Å². The highest BCUT2D eigenvalue weighted by atomic mass is 32.1. The van der Waals surface area contributed by atoms with Crippen LogP contribution in [0.15, 0.2) is 103 Å². The van der Waals surface area contributed by atoms with E-state index in [4.69, 9.17) is 0 Å². The fourth-order valence-electron chi connectivity index (χ4n) is 5.05. The van der Waals surface area contributed by atoms with Gasteiger partial charge in [-0.15, -0.1) is 11.3 Å². The lowest BCUT2D eigenvalue weighted by Gasteiger charge is -2.11. The first-order valence-electron chi connectivity index (χ1n) is 11.1. The van der Waals surface area contributed by atoms with Gasteiger partial charge in [0.2, 0.25) is 0 Å². The first-order chi connectivity index (χ1) is 16.8. The Labute approximate surface area is 199 Å². The first-order valence-corrected chi connectivity index (χ1v) is 11.9. The molecule has 4 aromatic carbocycles. The van der Waals surface area contributed by atoms with E-state index in [0.717, 1.165) is 16.8 Å². The standard InChI is InChI=1S/C30H17N3S/c31-18-25-21(11-6-16-32-25)19-7-5-8-20(17-19)33-26-12-3-1-10-24(26)29-27(33)15-14-23-22-9-2-4-13-28(22)34-30(23)29/h1-17H. The summed E-state index contributed by atoms with van der Waals surface area (Å²) in [6.07, 6.45) is 1.66. The number of fused-ring (bicyclic) bond motifs is 7. The molecule has 158 valence electrons. The molecule has 3 heterocycles. The number of nitriles is 1. The van der Waals surface area contributed by atoms with Gasteiger partial charge in [0.15, 0.2) is 0 Å². The summed E-state index contributed by atoms with van der Waals surface area (Å²) in [4.78, 5) is 4.25. The summed E-state index contributed by atoms with van der Waals surface area (Å²) >= 11 is 1.86. The van der Waals surface area contributed by atoms with Gasteiger partial charge in [-0.3, -0.25) is 0 Å². The highest BCUT2D eigenvalue weighted by Gasteiger charge is 2.17. The molecule has 0 aliphatic carbocycles. The van der Waals surface area contributed by atoms with Gasteiger partial charge in [0, 0.05) is 48.4 Å². The molecule has 0 spiro atoms. The van der Waals surface area contributed by atoms with E-state index in [0.29, 0.717) is 5.69 Å². The van der Waals surface area contributed by atoms with E-state index in [1.807, 2.05) is 29.5 Å². The van der Waals surface area contributed by atoms with Crippen molar-refractivity contribution >= 4 is 53.3 Å². The van der Waals surface area contributed by atoms with Crippen LogP contribution in [0.2, 0.25) is 0 Å². The quantitative estimate of drug-likeness (QED) is 0.266. The summed E-state index contributed by atoms with van der Waals surface area (Å²) in [6.45, 7) is 0. The van der Waals surface area contributed by atoms with Crippen molar-refractivity contribution in [1.82, 2.24) is 9.55 Å². The number of aromatic nitrogens is 2. The summed E-state index contributed by atoms with van der Waals surface area (Å²) in [6, 6.07) is 36.2. The molecular formula is C30H17N3S. The average molecular weight is 452 g/mol. The smallest absolute Gasteiger partial charge is 0.148 e. The van der Waals surface area contributed by atoms with E-state index >= 15 is 0 Å². The van der Waals surface area contributed by atoms with Crippen LogP contribution in [0.1, 0.15) is 5.69 Å². The number of hydrogen-bond donors (Lipinski definition) is 0. The molecular weight excluding hydrogens is 434 g/mol. The minimum absolute atomic E-state index is 0.439. The SMILES string of the molecule is N#Cc1ncccc1-c1cccc(-n2c3ccccc3c3c4sc5ccccc5c4ccc32)c1. The van der Waals surface area contributed by atoms with Gasteiger partial charge in [0.1, 0.15) is 11.8 Å². The van der Waals surface area contributed by atoms with E-state index in [1.165, 1.54) is 42.0 Å². The Morgan fingerprint density at radius 3 is 2.50 bits per heavy atom. The maximum absolute atomic E-state index is 9.56. The molecule has 0 saturated heterocycles. The number of para-hydroxylation sites is 1. The number of hydrogen-bond acceptors (Lipinski definition) is 3. The Bertz CT molecular complexity index is 1930. The summed E-state index contributed by atoms with van der Waals surface area (Å²) in [7, 11) is 0. The van der Waals surface area contributed by atoms with Gasteiger partial charge >= 0.3 is 0 Å².